The van der Waals surface area contributed by atoms with Gasteiger partial charge in [0.2, 0.25) is 5.91 Å². The molecule has 1 amide bonds. The number of rotatable bonds is 4. The van der Waals surface area contributed by atoms with Crippen LogP contribution < -0.4 is 5.32 Å². The quantitative estimate of drug-likeness (QED) is 0.825. The Morgan fingerprint density at radius 1 is 1.19 bits per heavy atom. The van der Waals surface area contributed by atoms with Gasteiger partial charge in [-0.25, -0.2) is 0 Å². The molecule has 0 saturated heterocycles. The molecule has 1 aliphatic carbocycles. The highest BCUT2D eigenvalue weighted by Gasteiger charge is 2.17. The molecule has 2 rings (SSSR count). The summed E-state index contributed by atoms with van der Waals surface area (Å²) in [6, 6.07) is 10.1. The fraction of sp³-hybridized carbons (Fsp3) is 0.500. The molecule has 1 N–H and O–H groups in total. The Balaban J connectivity index is 1.71. The summed E-state index contributed by atoms with van der Waals surface area (Å²) >= 11 is 0. The highest BCUT2D eigenvalue weighted by Crippen LogP contribution is 2.27. The van der Waals surface area contributed by atoms with Gasteiger partial charge in [0.25, 0.3) is 0 Å². The zero-order chi connectivity index (χ0) is 11.2. The second-order valence-corrected chi connectivity index (χ2v) is 4.62. The number of nitrogens with one attached hydrogen (secondary N) is 1. The zero-order valence-corrected chi connectivity index (χ0v) is 9.61. The molecule has 0 bridgehead atoms. The Morgan fingerprint density at radius 2 is 1.88 bits per heavy atom. The number of hydrogen-bond donors (Lipinski definition) is 1. The summed E-state index contributed by atoms with van der Waals surface area (Å²) < 4.78 is 0. The van der Waals surface area contributed by atoms with Crippen molar-refractivity contribution in [1.82, 2.24) is 5.32 Å². The highest BCUT2D eigenvalue weighted by molar-refractivity contribution is 5.76. The summed E-state index contributed by atoms with van der Waals surface area (Å²) in [5, 5.41) is 2.99. The van der Waals surface area contributed by atoms with E-state index in [4.69, 9.17) is 0 Å². The van der Waals surface area contributed by atoms with Crippen LogP contribution in [0.25, 0.3) is 0 Å². The largest absolute Gasteiger partial charge is 0.352 e. The molecule has 2 nitrogen and oxygen atoms in total. The average Bonchev–Trinajstić information content (AvgIpc) is 2.81. The number of benzene rings is 1. The maximum absolute atomic E-state index is 11.7. The van der Waals surface area contributed by atoms with Gasteiger partial charge in [0.15, 0.2) is 0 Å². The standard InChI is InChI=1S/C14H19NO/c16-14(10-12-6-4-5-7-12)15-11-13-8-2-1-3-9-13/h1-3,8-9,12H,4-7,10-11H2,(H,15,16). The Bertz CT molecular complexity index is 328. The zero-order valence-electron chi connectivity index (χ0n) is 9.61. The minimum atomic E-state index is 0.204. The Morgan fingerprint density at radius 3 is 2.56 bits per heavy atom. The lowest BCUT2D eigenvalue weighted by Gasteiger charge is -2.09. The first-order valence-corrected chi connectivity index (χ1v) is 6.15. The Kier molecular flexibility index (Phi) is 3.97. The van der Waals surface area contributed by atoms with Gasteiger partial charge in [-0.15, -0.1) is 0 Å². The van der Waals surface area contributed by atoms with E-state index in [1.54, 1.807) is 0 Å². The third kappa shape index (κ3) is 3.37. The first kappa shape index (κ1) is 11.2. The minimum Gasteiger partial charge on any atom is -0.352 e. The lowest BCUT2D eigenvalue weighted by atomic mass is 10.0. The van der Waals surface area contributed by atoms with Crippen LogP contribution in [0.2, 0.25) is 0 Å². The van der Waals surface area contributed by atoms with Crippen molar-refractivity contribution in [3.63, 3.8) is 0 Å². The summed E-state index contributed by atoms with van der Waals surface area (Å²) in [5.41, 5.74) is 1.17. The third-order valence-corrected chi connectivity index (χ3v) is 3.28. The van der Waals surface area contributed by atoms with Gasteiger partial charge >= 0.3 is 0 Å². The summed E-state index contributed by atoms with van der Waals surface area (Å²) in [7, 11) is 0. The molecule has 86 valence electrons. The molecule has 1 fully saturated rings. The van der Waals surface area contributed by atoms with E-state index in [1.165, 1.54) is 31.2 Å². The SMILES string of the molecule is O=C(CC1CCCC1)NCc1ccccc1. The molecule has 1 aromatic carbocycles. The number of hydrogen-bond acceptors (Lipinski definition) is 1. The minimum absolute atomic E-state index is 0.204. The van der Waals surface area contributed by atoms with Crippen LogP contribution in [0.1, 0.15) is 37.7 Å². The molecule has 0 spiro atoms. The van der Waals surface area contributed by atoms with Crippen LogP contribution in [0.3, 0.4) is 0 Å². The van der Waals surface area contributed by atoms with Crippen molar-refractivity contribution in [3.8, 4) is 0 Å². The summed E-state index contributed by atoms with van der Waals surface area (Å²) in [6.45, 7) is 0.659. The first-order chi connectivity index (χ1) is 7.84. The molecule has 0 unspecified atom stereocenters. The maximum Gasteiger partial charge on any atom is 0.220 e. The van der Waals surface area contributed by atoms with Crippen LogP contribution in [0.5, 0.6) is 0 Å². The molecular formula is C14H19NO. The summed E-state index contributed by atoms with van der Waals surface area (Å²) in [6.07, 6.45) is 5.79. The van der Waals surface area contributed by atoms with Crippen molar-refractivity contribution in [2.75, 3.05) is 0 Å². The van der Waals surface area contributed by atoms with E-state index in [0.717, 1.165) is 0 Å². The van der Waals surface area contributed by atoms with Crippen LogP contribution in [0.15, 0.2) is 30.3 Å². The van der Waals surface area contributed by atoms with E-state index in [2.05, 4.69) is 5.32 Å². The molecule has 0 radical (unpaired) electrons. The van der Waals surface area contributed by atoms with Crippen LogP contribution in [0, 0.1) is 5.92 Å². The van der Waals surface area contributed by atoms with Crippen molar-refractivity contribution in [1.29, 1.82) is 0 Å². The van der Waals surface area contributed by atoms with E-state index < -0.39 is 0 Å². The van der Waals surface area contributed by atoms with Gasteiger partial charge in [-0.1, -0.05) is 43.2 Å². The van der Waals surface area contributed by atoms with E-state index in [1.807, 2.05) is 30.3 Å². The van der Waals surface area contributed by atoms with Crippen molar-refractivity contribution in [3.05, 3.63) is 35.9 Å². The highest BCUT2D eigenvalue weighted by atomic mass is 16.1. The predicted octanol–water partition coefficient (Wildman–Crippen LogP) is 2.88. The second-order valence-electron chi connectivity index (χ2n) is 4.62. The second kappa shape index (κ2) is 5.69. The molecule has 1 aliphatic rings. The molecule has 16 heavy (non-hydrogen) atoms. The molecule has 0 aromatic heterocycles. The van der Waals surface area contributed by atoms with Gasteiger partial charge in [-0.2, -0.15) is 0 Å². The molecule has 0 atom stereocenters. The van der Waals surface area contributed by atoms with E-state index in [0.29, 0.717) is 18.9 Å². The van der Waals surface area contributed by atoms with E-state index >= 15 is 0 Å². The number of carbonyl (C=O) groups is 1. The van der Waals surface area contributed by atoms with Gasteiger partial charge in [0, 0.05) is 13.0 Å². The van der Waals surface area contributed by atoms with Crippen LogP contribution in [0.4, 0.5) is 0 Å². The average molecular weight is 217 g/mol. The summed E-state index contributed by atoms with van der Waals surface area (Å²) in [4.78, 5) is 11.7. The topological polar surface area (TPSA) is 29.1 Å². The molecular weight excluding hydrogens is 198 g/mol. The summed E-state index contributed by atoms with van der Waals surface area (Å²) in [5.74, 6) is 0.839. The molecule has 0 aliphatic heterocycles. The van der Waals surface area contributed by atoms with Crippen molar-refractivity contribution in [2.45, 2.75) is 38.6 Å². The Labute approximate surface area is 97.1 Å². The lowest BCUT2D eigenvalue weighted by Crippen LogP contribution is -2.24. The first-order valence-electron chi connectivity index (χ1n) is 6.15. The van der Waals surface area contributed by atoms with Crippen LogP contribution in [-0.2, 0) is 11.3 Å². The van der Waals surface area contributed by atoms with Gasteiger partial charge in [-0.3, -0.25) is 4.79 Å². The maximum atomic E-state index is 11.7. The van der Waals surface area contributed by atoms with Gasteiger partial charge in [-0.05, 0) is 24.3 Å². The smallest absolute Gasteiger partial charge is 0.220 e. The van der Waals surface area contributed by atoms with Gasteiger partial charge < -0.3 is 5.32 Å². The molecule has 0 heterocycles. The van der Waals surface area contributed by atoms with Crippen LogP contribution in [-0.4, -0.2) is 5.91 Å². The van der Waals surface area contributed by atoms with E-state index in [9.17, 15) is 4.79 Å². The van der Waals surface area contributed by atoms with Crippen LogP contribution >= 0.6 is 0 Å². The number of amides is 1. The lowest BCUT2D eigenvalue weighted by molar-refractivity contribution is -0.122. The molecule has 1 saturated carbocycles. The normalized spacial score (nSPS) is 16.2. The fourth-order valence-electron chi connectivity index (χ4n) is 2.35. The van der Waals surface area contributed by atoms with Gasteiger partial charge in [0.05, 0.1) is 0 Å². The third-order valence-electron chi connectivity index (χ3n) is 3.28. The number of carbonyl (C=O) groups excluding carboxylic acids is 1. The van der Waals surface area contributed by atoms with Crippen molar-refractivity contribution < 1.29 is 4.79 Å². The van der Waals surface area contributed by atoms with Gasteiger partial charge in [0.1, 0.15) is 0 Å². The van der Waals surface area contributed by atoms with Crippen molar-refractivity contribution in [2.24, 2.45) is 5.92 Å². The molecule has 2 heteroatoms. The van der Waals surface area contributed by atoms with Crippen molar-refractivity contribution >= 4 is 5.91 Å². The van der Waals surface area contributed by atoms with E-state index in [-0.39, 0.29) is 5.91 Å². The fourth-order valence-corrected chi connectivity index (χ4v) is 2.35. The molecule has 1 aromatic rings. The monoisotopic (exact) mass is 217 g/mol. The Hall–Kier alpha value is -1.31. The predicted molar refractivity (Wildman–Crippen MR) is 64.9 cm³/mol.